The van der Waals surface area contributed by atoms with Gasteiger partial charge in [0.25, 0.3) is 0 Å². The van der Waals surface area contributed by atoms with Crippen LogP contribution in [0.2, 0.25) is 0 Å². The standard InChI is InChI=1S/C11H16N2O3S/c14-17(15)7-10(8-17)13-6-9(5-12-13)11-3-1-2-4-16-11/h5-6,10-11H,1-4,7-8H2. The van der Waals surface area contributed by atoms with Crippen LogP contribution in [0.3, 0.4) is 0 Å². The van der Waals surface area contributed by atoms with Gasteiger partial charge in [-0.05, 0) is 19.3 Å². The molecular formula is C11H16N2O3S. The Bertz CT molecular complexity index is 491. The molecule has 0 N–H and O–H groups in total. The van der Waals surface area contributed by atoms with E-state index in [1.165, 1.54) is 6.42 Å². The van der Waals surface area contributed by atoms with E-state index in [0.717, 1.165) is 25.0 Å². The molecule has 0 bridgehead atoms. The number of rotatable bonds is 2. The van der Waals surface area contributed by atoms with Gasteiger partial charge in [0, 0.05) is 18.4 Å². The summed E-state index contributed by atoms with van der Waals surface area (Å²) in [4.78, 5) is 0. The fourth-order valence-electron chi connectivity index (χ4n) is 2.41. The molecule has 3 rings (SSSR count). The third kappa shape index (κ3) is 2.24. The number of nitrogens with zero attached hydrogens (tertiary/aromatic N) is 2. The van der Waals surface area contributed by atoms with Crippen molar-refractivity contribution in [3.63, 3.8) is 0 Å². The minimum atomic E-state index is -2.79. The van der Waals surface area contributed by atoms with Gasteiger partial charge in [-0.25, -0.2) is 8.42 Å². The summed E-state index contributed by atoms with van der Waals surface area (Å²) >= 11 is 0. The van der Waals surface area contributed by atoms with Crippen LogP contribution in [0.25, 0.3) is 0 Å². The van der Waals surface area contributed by atoms with Gasteiger partial charge in [-0.1, -0.05) is 0 Å². The molecule has 6 heteroatoms. The first-order valence-electron chi connectivity index (χ1n) is 6.00. The number of sulfone groups is 1. The second kappa shape index (κ2) is 4.10. The van der Waals surface area contributed by atoms with Gasteiger partial charge in [-0.2, -0.15) is 5.10 Å². The Morgan fingerprint density at radius 2 is 2.18 bits per heavy atom. The monoisotopic (exact) mass is 256 g/mol. The molecule has 1 aromatic heterocycles. The van der Waals surface area contributed by atoms with Crippen LogP contribution in [-0.4, -0.2) is 36.3 Å². The lowest BCUT2D eigenvalue weighted by molar-refractivity contribution is 0.0149. The minimum Gasteiger partial charge on any atom is -0.373 e. The van der Waals surface area contributed by atoms with E-state index in [1.807, 2.05) is 6.20 Å². The molecule has 0 saturated carbocycles. The van der Waals surface area contributed by atoms with Crippen molar-refractivity contribution in [1.82, 2.24) is 9.78 Å². The maximum atomic E-state index is 11.1. The third-order valence-corrected chi connectivity index (χ3v) is 5.22. The van der Waals surface area contributed by atoms with Gasteiger partial charge in [0.1, 0.15) is 0 Å². The molecule has 2 saturated heterocycles. The number of hydrogen-bond donors (Lipinski definition) is 0. The van der Waals surface area contributed by atoms with Crippen molar-refractivity contribution in [2.75, 3.05) is 18.1 Å². The molecule has 0 spiro atoms. The van der Waals surface area contributed by atoms with Gasteiger partial charge in [0.15, 0.2) is 9.84 Å². The van der Waals surface area contributed by atoms with E-state index in [2.05, 4.69) is 5.10 Å². The van der Waals surface area contributed by atoms with Crippen LogP contribution in [-0.2, 0) is 14.6 Å². The van der Waals surface area contributed by atoms with E-state index in [9.17, 15) is 8.42 Å². The molecule has 5 nitrogen and oxygen atoms in total. The summed E-state index contributed by atoms with van der Waals surface area (Å²) in [5.41, 5.74) is 1.08. The molecule has 1 atom stereocenters. The van der Waals surface area contributed by atoms with Gasteiger partial charge >= 0.3 is 0 Å². The molecule has 2 aliphatic rings. The highest BCUT2D eigenvalue weighted by atomic mass is 32.2. The maximum absolute atomic E-state index is 11.1. The summed E-state index contributed by atoms with van der Waals surface area (Å²) in [5.74, 6) is 0.444. The summed E-state index contributed by atoms with van der Waals surface area (Å²) in [6.45, 7) is 0.813. The topological polar surface area (TPSA) is 61.2 Å². The summed E-state index contributed by atoms with van der Waals surface area (Å²) in [6, 6.07) is 0.0253. The van der Waals surface area contributed by atoms with E-state index in [4.69, 9.17) is 4.74 Å². The zero-order valence-electron chi connectivity index (χ0n) is 9.58. The van der Waals surface area contributed by atoms with Crippen LogP contribution in [0.15, 0.2) is 12.4 Å². The summed E-state index contributed by atoms with van der Waals surface area (Å²) in [5, 5.41) is 4.25. The number of aromatic nitrogens is 2. The van der Waals surface area contributed by atoms with Crippen molar-refractivity contribution in [3.05, 3.63) is 18.0 Å². The van der Waals surface area contributed by atoms with Crippen LogP contribution >= 0.6 is 0 Å². The van der Waals surface area contributed by atoms with Gasteiger partial charge in [-0.15, -0.1) is 0 Å². The fraction of sp³-hybridized carbons (Fsp3) is 0.727. The maximum Gasteiger partial charge on any atom is 0.154 e. The Kier molecular flexibility index (Phi) is 2.71. The van der Waals surface area contributed by atoms with Gasteiger partial charge < -0.3 is 4.74 Å². The lowest BCUT2D eigenvalue weighted by atomic mass is 10.0. The van der Waals surface area contributed by atoms with Crippen molar-refractivity contribution >= 4 is 9.84 Å². The molecule has 2 fully saturated rings. The minimum absolute atomic E-state index is 0.0253. The zero-order chi connectivity index (χ0) is 11.9. The van der Waals surface area contributed by atoms with Gasteiger partial charge in [-0.3, -0.25) is 4.68 Å². The molecular weight excluding hydrogens is 240 g/mol. The van der Waals surface area contributed by atoms with Crippen LogP contribution < -0.4 is 0 Å². The third-order valence-electron chi connectivity index (χ3n) is 3.44. The Morgan fingerprint density at radius 1 is 1.35 bits per heavy atom. The van der Waals surface area contributed by atoms with Crippen molar-refractivity contribution in [1.29, 1.82) is 0 Å². The summed E-state index contributed by atoms with van der Waals surface area (Å²) in [6.07, 6.45) is 7.25. The molecule has 0 aromatic carbocycles. The Labute approximate surface area is 101 Å². The van der Waals surface area contributed by atoms with Crippen LogP contribution in [0.5, 0.6) is 0 Å². The van der Waals surface area contributed by atoms with E-state index in [1.54, 1.807) is 10.9 Å². The largest absolute Gasteiger partial charge is 0.373 e. The quantitative estimate of drug-likeness (QED) is 0.795. The van der Waals surface area contributed by atoms with E-state index >= 15 is 0 Å². The molecule has 0 aliphatic carbocycles. The van der Waals surface area contributed by atoms with Gasteiger partial charge in [0.2, 0.25) is 0 Å². The normalized spacial score (nSPS) is 28.8. The Balaban J connectivity index is 1.70. The Hall–Kier alpha value is -0.880. The second-order valence-corrected chi connectivity index (χ2v) is 6.99. The smallest absolute Gasteiger partial charge is 0.154 e. The highest BCUT2D eigenvalue weighted by molar-refractivity contribution is 7.92. The first-order valence-corrected chi connectivity index (χ1v) is 7.82. The lowest BCUT2D eigenvalue weighted by Gasteiger charge is -2.26. The molecule has 3 heterocycles. The molecule has 1 unspecified atom stereocenters. The molecule has 17 heavy (non-hydrogen) atoms. The van der Waals surface area contributed by atoms with E-state index in [-0.39, 0.29) is 23.7 Å². The van der Waals surface area contributed by atoms with Crippen LogP contribution in [0.4, 0.5) is 0 Å². The zero-order valence-corrected chi connectivity index (χ0v) is 10.4. The fourth-order valence-corrected chi connectivity index (χ4v) is 3.79. The first-order chi connectivity index (χ1) is 8.14. The van der Waals surface area contributed by atoms with Crippen LogP contribution in [0, 0.1) is 0 Å². The van der Waals surface area contributed by atoms with Crippen molar-refractivity contribution < 1.29 is 13.2 Å². The number of hydrogen-bond acceptors (Lipinski definition) is 4. The molecule has 2 aliphatic heterocycles. The number of ether oxygens (including phenoxy) is 1. The second-order valence-electron chi connectivity index (χ2n) is 4.84. The van der Waals surface area contributed by atoms with Crippen LogP contribution in [0.1, 0.15) is 37.0 Å². The predicted molar refractivity (Wildman–Crippen MR) is 62.5 cm³/mol. The molecule has 0 amide bonds. The molecule has 94 valence electrons. The molecule has 0 radical (unpaired) electrons. The van der Waals surface area contributed by atoms with Crippen molar-refractivity contribution in [2.45, 2.75) is 31.4 Å². The summed E-state index contributed by atoms with van der Waals surface area (Å²) in [7, 11) is -2.79. The van der Waals surface area contributed by atoms with Crippen molar-refractivity contribution in [2.24, 2.45) is 0 Å². The average Bonchev–Trinajstić information content (AvgIpc) is 2.76. The Morgan fingerprint density at radius 3 is 2.82 bits per heavy atom. The van der Waals surface area contributed by atoms with Gasteiger partial charge in [0.05, 0.1) is 29.8 Å². The van der Waals surface area contributed by atoms with E-state index in [0.29, 0.717) is 0 Å². The van der Waals surface area contributed by atoms with E-state index < -0.39 is 9.84 Å². The predicted octanol–water partition coefficient (Wildman–Crippen LogP) is 1.09. The average molecular weight is 256 g/mol. The SMILES string of the molecule is O=S1(=O)CC(n2cc(C3CCCCO3)cn2)C1. The highest BCUT2D eigenvalue weighted by Crippen LogP contribution is 2.29. The lowest BCUT2D eigenvalue weighted by Crippen LogP contribution is -2.38. The summed E-state index contributed by atoms with van der Waals surface area (Å²) < 4.78 is 29.7. The molecule has 1 aromatic rings. The van der Waals surface area contributed by atoms with Crippen molar-refractivity contribution in [3.8, 4) is 0 Å². The highest BCUT2D eigenvalue weighted by Gasteiger charge is 2.35. The first kappa shape index (κ1) is 11.2.